The van der Waals surface area contributed by atoms with Gasteiger partial charge in [0.15, 0.2) is 11.5 Å². The Morgan fingerprint density at radius 2 is 2.00 bits per heavy atom. The van der Waals surface area contributed by atoms with Gasteiger partial charge in [0, 0.05) is 13.2 Å². The van der Waals surface area contributed by atoms with Crippen LogP contribution in [0.1, 0.15) is 18.4 Å². The second kappa shape index (κ2) is 8.94. The summed E-state index contributed by atoms with van der Waals surface area (Å²) in [7, 11) is 4.52. The highest BCUT2D eigenvalue weighted by molar-refractivity contribution is 6.01. The van der Waals surface area contributed by atoms with E-state index in [0.717, 1.165) is 12.8 Å². The smallest absolute Gasteiger partial charge is 0.262 e. The van der Waals surface area contributed by atoms with E-state index in [9.17, 15) is 10.1 Å². The molecule has 1 aliphatic heterocycles. The predicted octanol–water partition coefficient (Wildman–Crippen LogP) is 1.91. The average Bonchev–Trinajstić information content (AvgIpc) is 3.16. The number of methoxy groups -OCH3 is 3. The highest BCUT2D eigenvalue weighted by Crippen LogP contribution is 2.38. The number of hydrogen-bond donors (Lipinski definition) is 1. The molecule has 0 aliphatic carbocycles. The monoisotopic (exact) mass is 346 g/mol. The Hall–Kier alpha value is -2.72. The van der Waals surface area contributed by atoms with Gasteiger partial charge in [0.1, 0.15) is 11.6 Å². The van der Waals surface area contributed by atoms with Gasteiger partial charge in [0.05, 0.1) is 27.4 Å². The number of nitrogens with zero attached hydrogens (tertiary/aromatic N) is 1. The molecule has 7 nitrogen and oxygen atoms in total. The lowest BCUT2D eigenvalue weighted by Crippen LogP contribution is -2.32. The van der Waals surface area contributed by atoms with Crippen LogP contribution in [0.5, 0.6) is 17.2 Å². The van der Waals surface area contributed by atoms with Crippen molar-refractivity contribution in [2.45, 2.75) is 18.9 Å². The van der Waals surface area contributed by atoms with E-state index in [1.54, 1.807) is 12.1 Å². The minimum atomic E-state index is -0.438. The number of benzene rings is 1. The van der Waals surface area contributed by atoms with Gasteiger partial charge in [-0.1, -0.05) is 0 Å². The molecule has 1 fully saturated rings. The number of carbonyl (C=O) groups is 1. The van der Waals surface area contributed by atoms with Crippen LogP contribution in [0.4, 0.5) is 0 Å². The van der Waals surface area contributed by atoms with Gasteiger partial charge in [-0.2, -0.15) is 5.26 Å². The molecule has 0 bridgehead atoms. The summed E-state index contributed by atoms with van der Waals surface area (Å²) in [4.78, 5) is 12.2. The molecule has 1 saturated heterocycles. The number of carbonyl (C=O) groups excluding carboxylic acids is 1. The summed E-state index contributed by atoms with van der Waals surface area (Å²) in [6.45, 7) is 1.11. The maximum atomic E-state index is 12.2. The SMILES string of the molecule is COc1cc(/C=C(\C#N)C(=O)NC[C@H]2CCCO2)cc(OC)c1OC. The van der Waals surface area contributed by atoms with Gasteiger partial charge in [-0.25, -0.2) is 0 Å². The lowest BCUT2D eigenvalue weighted by molar-refractivity contribution is -0.117. The van der Waals surface area contributed by atoms with Crippen LogP contribution in [0.25, 0.3) is 6.08 Å². The summed E-state index contributed by atoms with van der Waals surface area (Å²) in [5.41, 5.74) is 0.589. The van der Waals surface area contributed by atoms with Crippen LogP contribution in [-0.2, 0) is 9.53 Å². The molecular weight excluding hydrogens is 324 g/mol. The molecule has 1 heterocycles. The summed E-state index contributed by atoms with van der Waals surface area (Å²) in [5, 5.41) is 12.0. The Labute approximate surface area is 147 Å². The molecule has 134 valence electrons. The lowest BCUT2D eigenvalue weighted by atomic mass is 10.1. The van der Waals surface area contributed by atoms with Crippen LogP contribution < -0.4 is 19.5 Å². The summed E-state index contributed by atoms with van der Waals surface area (Å²) in [6.07, 6.45) is 3.41. The van der Waals surface area contributed by atoms with E-state index in [2.05, 4.69) is 5.32 Å². The van der Waals surface area contributed by atoms with Crippen molar-refractivity contribution in [3.63, 3.8) is 0 Å². The Kier molecular flexibility index (Phi) is 6.66. The summed E-state index contributed by atoms with van der Waals surface area (Å²) in [5.74, 6) is 0.908. The van der Waals surface area contributed by atoms with E-state index >= 15 is 0 Å². The van der Waals surface area contributed by atoms with Crippen LogP contribution in [0.3, 0.4) is 0 Å². The Morgan fingerprint density at radius 1 is 1.32 bits per heavy atom. The van der Waals surface area contributed by atoms with Gasteiger partial charge in [-0.3, -0.25) is 4.79 Å². The molecule has 0 saturated carbocycles. The molecule has 0 unspecified atom stereocenters. The number of nitrogens with one attached hydrogen (secondary N) is 1. The van der Waals surface area contributed by atoms with E-state index in [4.69, 9.17) is 18.9 Å². The molecule has 1 N–H and O–H groups in total. The zero-order chi connectivity index (χ0) is 18.2. The highest BCUT2D eigenvalue weighted by atomic mass is 16.5. The fourth-order valence-corrected chi connectivity index (χ4v) is 2.61. The molecule has 1 atom stereocenters. The second-order valence-electron chi connectivity index (χ2n) is 5.47. The predicted molar refractivity (Wildman–Crippen MR) is 91.7 cm³/mol. The molecule has 0 radical (unpaired) electrons. The highest BCUT2D eigenvalue weighted by Gasteiger charge is 2.18. The first kappa shape index (κ1) is 18.6. The first-order valence-electron chi connectivity index (χ1n) is 7.94. The van der Waals surface area contributed by atoms with Gasteiger partial charge in [0.25, 0.3) is 5.91 Å². The molecule has 1 aromatic carbocycles. The van der Waals surface area contributed by atoms with Crippen molar-refractivity contribution in [3.8, 4) is 23.3 Å². The topological polar surface area (TPSA) is 89.8 Å². The van der Waals surface area contributed by atoms with Crippen molar-refractivity contribution in [1.82, 2.24) is 5.32 Å². The maximum absolute atomic E-state index is 12.2. The quantitative estimate of drug-likeness (QED) is 0.599. The third-order valence-corrected chi connectivity index (χ3v) is 3.88. The summed E-state index contributed by atoms with van der Waals surface area (Å²) >= 11 is 0. The van der Waals surface area contributed by atoms with Crippen LogP contribution >= 0.6 is 0 Å². The molecule has 1 aromatic rings. The van der Waals surface area contributed by atoms with E-state index in [1.165, 1.54) is 27.4 Å². The van der Waals surface area contributed by atoms with Gasteiger partial charge in [-0.15, -0.1) is 0 Å². The number of rotatable bonds is 7. The Balaban J connectivity index is 2.20. The van der Waals surface area contributed by atoms with E-state index in [1.807, 2.05) is 6.07 Å². The van der Waals surface area contributed by atoms with E-state index in [0.29, 0.717) is 36.0 Å². The molecule has 2 rings (SSSR count). The molecule has 7 heteroatoms. The molecular formula is C18H22N2O5. The normalized spacial score (nSPS) is 16.9. The molecule has 25 heavy (non-hydrogen) atoms. The fourth-order valence-electron chi connectivity index (χ4n) is 2.61. The van der Waals surface area contributed by atoms with Gasteiger partial charge in [-0.05, 0) is 36.6 Å². The summed E-state index contributed by atoms with van der Waals surface area (Å²) in [6, 6.07) is 5.27. The number of ether oxygens (including phenoxy) is 4. The van der Waals surface area contributed by atoms with Crippen molar-refractivity contribution in [3.05, 3.63) is 23.3 Å². The minimum absolute atomic E-state index is 0.00716. The zero-order valence-corrected chi connectivity index (χ0v) is 14.6. The third-order valence-electron chi connectivity index (χ3n) is 3.88. The van der Waals surface area contributed by atoms with Crippen LogP contribution in [0.15, 0.2) is 17.7 Å². The number of hydrogen-bond acceptors (Lipinski definition) is 6. The van der Waals surface area contributed by atoms with Crippen molar-refractivity contribution in [2.24, 2.45) is 0 Å². The van der Waals surface area contributed by atoms with Crippen LogP contribution in [-0.4, -0.2) is 46.5 Å². The van der Waals surface area contributed by atoms with Crippen LogP contribution in [0, 0.1) is 11.3 Å². The van der Waals surface area contributed by atoms with Crippen molar-refractivity contribution < 1.29 is 23.7 Å². The van der Waals surface area contributed by atoms with Crippen LogP contribution in [0.2, 0.25) is 0 Å². The Bertz CT molecular complexity index is 662. The number of nitriles is 1. The lowest BCUT2D eigenvalue weighted by Gasteiger charge is -2.13. The zero-order valence-electron chi connectivity index (χ0n) is 14.6. The van der Waals surface area contributed by atoms with E-state index in [-0.39, 0.29) is 11.7 Å². The minimum Gasteiger partial charge on any atom is -0.493 e. The fraction of sp³-hybridized carbons (Fsp3) is 0.444. The third kappa shape index (κ3) is 4.64. The van der Waals surface area contributed by atoms with Gasteiger partial charge in [0.2, 0.25) is 5.75 Å². The molecule has 1 amide bonds. The first-order chi connectivity index (χ1) is 12.1. The standard InChI is InChI=1S/C18H22N2O5/c1-22-15-8-12(9-16(23-2)17(15)24-3)7-13(10-19)18(21)20-11-14-5-4-6-25-14/h7-9,14H,4-6,11H2,1-3H3,(H,20,21)/b13-7+/t14-/m1/s1. The first-order valence-corrected chi connectivity index (χ1v) is 7.94. The molecule has 1 aliphatic rings. The molecule has 0 spiro atoms. The van der Waals surface area contributed by atoms with Crippen molar-refractivity contribution in [1.29, 1.82) is 5.26 Å². The average molecular weight is 346 g/mol. The second-order valence-corrected chi connectivity index (χ2v) is 5.47. The maximum Gasteiger partial charge on any atom is 0.262 e. The number of amides is 1. The van der Waals surface area contributed by atoms with Gasteiger partial charge >= 0.3 is 0 Å². The summed E-state index contributed by atoms with van der Waals surface area (Å²) < 4.78 is 21.3. The van der Waals surface area contributed by atoms with Gasteiger partial charge < -0.3 is 24.3 Å². The largest absolute Gasteiger partial charge is 0.493 e. The molecule has 0 aromatic heterocycles. The van der Waals surface area contributed by atoms with Crippen molar-refractivity contribution >= 4 is 12.0 Å². The van der Waals surface area contributed by atoms with Crippen molar-refractivity contribution in [2.75, 3.05) is 34.5 Å². The Morgan fingerprint density at radius 3 is 2.48 bits per heavy atom. The van der Waals surface area contributed by atoms with E-state index < -0.39 is 5.91 Å².